The second-order valence-electron chi connectivity index (χ2n) is 4.53. The van der Waals surface area contributed by atoms with Gasteiger partial charge in [0.1, 0.15) is 5.92 Å². The van der Waals surface area contributed by atoms with Crippen molar-refractivity contribution in [1.82, 2.24) is 4.98 Å². The van der Waals surface area contributed by atoms with Crippen molar-refractivity contribution in [2.24, 2.45) is 5.92 Å². The molecule has 0 bridgehead atoms. The van der Waals surface area contributed by atoms with E-state index in [4.69, 9.17) is 4.74 Å². The average molecular weight is 247 g/mol. The van der Waals surface area contributed by atoms with Crippen molar-refractivity contribution in [2.75, 3.05) is 6.61 Å². The zero-order valence-electron chi connectivity index (χ0n) is 10.5. The Morgan fingerprint density at radius 3 is 2.83 bits per heavy atom. The molecule has 2 rings (SSSR count). The summed E-state index contributed by atoms with van der Waals surface area (Å²) >= 11 is 0. The Kier molecular flexibility index (Phi) is 4.07. The normalized spacial score (nSPS) is 19.7. The van der Waals surface area contributed by atoms with Crippen molar-refractivity contribution in [3.8, 4) is 0 Å². The molecule has 1 saturated heterocycles. The third-order valence-corrected chi connectivity index (χ3v) is 3.25. The second kappa shape index (κ2) is 5.76. The molecule has 0 aromatic carbocycles. The molecule has 2 heterocycles. The van der Waals surface area contributed by atoms with Gasteiger partial charge in [-0.3, -0.25) is 14.6 Å². The molecule has 0 N–H and O–H groups in total. The Labute approximate surface area is 106 Å². The highest BCUT2D eigenvalue weighted by Gasteiger charge is 2.31. The number of esters is 1. The summed E-state index contributed by atoms with van der Waals surface area (Å²) in [6.07, 6.45) is 6.12. The summed E-state index contributed by atoms with van der Waals surface area (Å²) < 4.78 is 4.92. The molecule has 4 heteroatoms. The van der Waals surface area contributed by atoms with Crippen LogP contribution in [-0.4, -0.2) is 23.3 Å². The van der Waals surface area contributed by atoms with Crippen LogP contribution in [0, 0.1) is 5.92 Å². The van der Waals surface area contributed by atoms with E-state index in [1.165, 1.54) is 5.56 Å². The van der Waals surface area contributed by atoms with E-state index in [9.17, 15) is 9.59 Å². The van der Waals surface area contributed by atoms with Gasteiger partial charge in [-0.25, -0.2) is 0 Å². The standard InChI is InChI=1S/C14H17NO3/c1-2-10-7-11(9-15-8-10)3-4-12-13(16)5-6-18-14(12)17/h7-9,12H,2-6H2,1H3. The number of ketones is 1. The van der Waals surface area contributed by atoms with Gasteiger partial charge in [-0.15, -0.1) is 0 Å². The van der Waals surface area contributed by atoms with E-state index < -0.39 is 5.92 Å². The Hall–Kier alpha value is -1.71. The van der Waals surface area contributed by atoms with Crippen molar-refractivity contribution in [1.29, 1.82) is 0 Å². The summed E-state index contributed by atoms with van der Waals surface area (Å²) in [7, 11) is 0. The number of cyclic esters (lactones) is 1. The topological polar surface area (TPSA) is 56.3 Å². The maximum Gasteiger partial charge on any atom is 0.316 e. The Morgan fingerprint density at radius 2 is 2.11 bits per heavy atom. The summed E-state index contributed by atoms with van der Waals surface area (Å²) in [5, 5.41) is 0. The van der Waals surface area contributed by atoms with Crippen molar-refractivity contribution in [3.05, 3.63) is 29.6 Å². The third kappa shape index (κ3) is 2.94. The highest BCUT2D eigenvalue weighted by molar-refractivity contribution is 6.00. The molecule has 96 valence electrons. The maximum atomic E-state index is 11.6. The van der Waals surface area contributed by atoms with E-state index in [2.05, 4.69) is 18.0 Å². The van der Waals surface area contributed by atoms with Gasteiger partial charge in [-0.05, 0) is 30.4 Å². The number of rotatable bonds is 4. The first-order valence-corrected chi connectivity index (χ1v) is 6.33. The van der Waals surface area contributed by atoms with Crippen molar-refractivity contribution in [2.45, 2.75) is 32.6 Å². The van der Waals surface area contributed by atoms with E-state index in [1.54, 1.807) is 6.20 Å². The maximum absolute atomic E-state index is 11.6. The molecule has 0 amide bonds. The first kappa shape index (κ1) is 12.7. The number of aromatic nitrogens is 1. The highest BCUT2D eigenvalue weighted by Crippen LogP contribution is 2.18. The van der Waals surface area contributed by atoms with E-state index >= 15 is 0 Å². The van der Waals surface area contributed by atoms with E-state index in [1.807, 2.05) is 6.20 Å². The molecule has 1 aliphatic rings. The van der Waals surface area contributed by atoms with Gasteiger partial charge in [0.15, 0.2) is 5.78 Å². The Bertz CT molecular complexity index is 440. The molecule has 1 atom stereocenters. The van der Waals surface area contributed by atoms with Crippen LogP contribution in [0.1, 0.15) is 30.9 Å². The predicted molar refractivity (Wildman–Crippen MR) is 66.0 cm³/mol. The van der Waals surface area contributed by atoms with Gasteiger partial charge in [0, 0.05) is 18.8 Å². The van der Waals surface area contributed by atoms with E-state index in [-0.39, 0.29) is 18.4 Å². The van der Waals surface area contributed by atoms with Gasteiger partial charge >= 0.3 is 5.97 Å². The van der Waals surface area contributed by atoms with E-state index in [0.717, 1.165) is 12.0 Å². The number of carbonyl (C=O) groups excluding carboxylic acids is 2. The number of Topliss-reactive ketones (excluding diaryl/α,β-unsaturated/α-hetero) is 1. The average Bonchev–Trinajstić information content (AvgIpc) is 2.38. The molecular weight excluding hydrogens is 230 g/mol. The molecule has 0 saturated carbocycles. The number of aryl methyl sites for hydroxylation is 2. The van der Waals surface area contributed by atoms with Gasteiger partial charge in [-0.1, -0.05) is 13.0 Å². The number of nitrogens with zero attached hydrogens (tertiary/aromatic N) is 1. The quantitative estimate of drug-likeness (QED) is 0.600. The highest BCUT2D eigenvalue weighted by atomic mass is 16.5. The fourth-order valence-electron chi connectivity index (χ4n) is 2.12. The summed E-state index contributed by atoms with van der Waals surface area (Å²) in [6, 6.07) is 2.08. The monoisotopic (exact) mass is 247 g/mol. The number of carbonyl (C=O) groups is 2. The van der Waals surface area contributed by atoms with Crippen LogP contribution in [-0.2, 0) is 27.2 Å². The van der Waals surface area contributed by atoms with Crippen molar-refractivity contribution < 1.29 is 14.3 Å². The van der Waals surface area contributed by atoms with Crippen molar-refractivity contribution in [3.63, 3.8) is 0 Å². The van der Waals surface area contributed by atoms with Gasteiger partial charge in [0.25, 0.3) is 0 Å². The van der Waals surface area contributed by atoms with Gasteiger partial charge in [-0.2, -0.15) is 0 Å². The van der Waals surface area contributed by atoms with Crippen LogP contribution in [0.3, 0.4) is 0 Å². The fraction of sp³-hybridized carbons (Fsp3) is 0.500. The summed E-state index contributed by atoms with van der Waals surface area (Å²) in [6.45, 7) is 2.31. The lowest BCUT2D eigenvalue weighted by molar-refractivity contribution is -0.158. The number of pyridine rings is 1. The van der Waals surface area contributed by atoms with Crippen LogP contribution in [0.4, 0.5) is 0 Å². The molecule has 0 spiro atoms. The fourth-order valence-corrected chi connectivity index (χ4v) is 2.12. The summed E-state index contributed by atoms with van der Waals surface area (Å²) in [4.78, 5) is 27.3. The van der Waals surface area contributed by atoms with Crippen LogP contribution < -0.4 is 0 Å². The minimum absolute atomic E-state index is 0.00542. The lowest BCUT2D eigenvalue weighted by Crippen LogP contribution is -2.33. The first-order chi connectivity index (χ1) is 8.70. The molecular formula is C14H17NO3. The second-order valence-corrected chi connectivity index (χ2v) is 4.53. The predicted octanol–water partition coefficient (Wildman–Crippen LogP) is 1.71. The van der Waals surface area contributed by atoms with Crippen LogP contribution in [0.2, 0.25) is 0 Å². The molecule has 1 aromatic heterocycles. The zero-order chi connectivity index (χ0) is 13.0. The molecule has 1 fully saturated rings. The molecule has 0 aliphatic carbocycles. The minimum Gasteiger partial charge on any atom is -0.465 e. The molecule has 18 heavy (non-hydrogen) atoms. The summed E-state index contributed by atoms with van der Waals surface area (Å²) in [5.41, 5.74) is 2.24. The van der Waals surface area contributed by atoms with Crippen molar-refractivity contribution >= 4 is 11.8 Å². The third-order valence-electron chi connectivity index (χ3n) is 3.25. The lowest BCUT2D eigenvalue weighted by atomic mass is 9.93. The lowest BCUT2D eigenvalue weighted by Gasteiger charge is -2.19. The summed E-state index contributed by atoms with van der Waals surface area (Å²) in [5.74, 6) is -0.944. The number of ether oxygens (including phenoxy) is 1. The molecule has 0 radical (unpaired) electrons. The largest absolute Gasteiger partial charge is 0.465 e. The number of hydrogen-bond donors (Lipinski definition) is 0. The Balaban J connectivity index is 1.97. The van der Waals surface area contributed by atoms with Gasteiger partial charge in [0.05, 0.1) is 6.61 Å². The van der Waals surface area contributed by atoms with Gasteiger partial charge in [0.2, 0.25) is 0 Å². The molecule has 1 aromatic rings. The number of hydrogen-bond acceptors (Lipinski definition) is 4. The van der Waals surface area contributed by atoms with Crippen LogP contribution in [0.5, 0.6) is 0 Å². The van der Waals surface area contributed by atoms with Crippen LogP contribution >= 0.6 is 0 Å². The van der Waals surface area contributed by atoms with Crippen LogP contribution in [0.25, 0.3) is 0 Å². The SMILES string of the molecule is CCc1cncc(CCC2C(=O)CCOC2=O)c1. The molecule has 1 aliphatic heterocycles. The first-order valence-electron chi connectivity index (χ1n) is 6.33. The molecule has 1 unspecified atom stereocenters. The molecule has 4 nitrogen and oxygen atoms in total. The van der Waals surface area contributed by atoms with E-state index in [0.29, 0.717) is 19.3 Å². The zero-order valence-corrected chi connectivity index (χ0v) is 10.5. The smallest absolute Gasteiger partial charge is 0.316 e. The van der Waals surface area contributed by atoms with Crippen LogP contribution in [0.15, 0.2) is 18.5 Å². The minimum atomic E-state index is -0.580. The van der Waals surface area contributed by atoms with Gasteiger partial charge < -0.3 is 4.74 Å². The Morgan fingerprint density at radius 1 is 1.33 bits per heavy atom.